The molecule has 1 atom stereocenters. The molecule has 6 heteroatoms. The fourth-order valence-corrected chi connectivity index (χ4v) is 4.29. The predicted octanol–water partition coefficient (Wildman–Crippen LogP) is 1.95. The van der Waals surface area contributed by atoms with Gasteiger partial charge in [0.25, 0.3) is 0 Å². The first kappa shape index (κ1) is 19.9. The standard InChI is InChI=1S/C23H30N4O2/c1-25-12-14-26(15-13-25)11-5-10-24-23(29)19-16-22(28)27(17-19)21-9-4-7-18-6-2-3-8-20(18)21/h2-4,6-9,19H,5,10-17H2,1H3,(H,24,29)/t19-/m0/s1. The zero-order valence-electron chi connectivity index (χ0n) is 17.1. The van der Waals surface area contributed by atoms with Gasteiger partial charge in [0.2, 0.25) is 11.8 Å². The van der Waals surface area contributed by atoms with E-state index in [1.807, 2.05) is 42.5 Å². The van der Waals surface area contributed by atoms with Crippen molar-refractivity contribution in [3.05, 3.63) is 42.5 Å². The maximum atomic E-state index is 12.6. The van der Waals surface area contributed by atoms with Crippen molar-refractivity contribution >= 4 is 28.3 Å². The van der Waals surface area contributed by atoms with Crippen LogP contribution in [0.1, 0.15) is 12.8 Å². The molecule has 2 aromatic rings. The maximum absolute atomic E-state index is 12.6. The van der Waals surface area contributed by atoms with Crippen LogP contribution in [0.3, 0.4) is 0 Å². The molecule has 0 spiro atoms. The molecular weight excluding hydrogens is 364 g/mol. The molecule has 2 heterocycles. The van der Waals surface area contributed by atoms with Crippen LogP contribution >= 0.6 is 0 Å². The number of likely N-dealkylation sites (N-methyl/N-ethyl adjacent to an activating group) is 1. The number of benzene rings is 2. The molecule has 6 nitrogen and oxygen atoms in total. The normalized spacial score (nSPS) is 21.1. The Hall–Kier alpha value is -2.44. The zero-order chi connectivity index (χ0) is 20.2. The Morgan fingerprint density at radius 2 is 1.83 bits per heavy atom. The number of carbonyl (C=O) groups is 2. The van der Waals surface area contributed by atoms with Crippen molar-refractivity contribution in [2.75, 3.05) is 57.8 Å². The highest BCUT2D eigenvalue weighted by Gasteiger charge is 2.35. The molecule has 2 aromatic carbocycles. The lowest BCUT2D eigenvalue weighted by Gasteiger charge is -2.32. The number of rotatable bonds is 6. The molecule has 0 bridgehead atoms. The first-order chi connectivity index (χ1) is 14.1. The molecule has 4 rings (SSSR count). The second-order valence-corrected chi connectivity index (χ2v) is 8.19. The number of amides is 2. The van der Waals surface area contributed by atoms with Gasteiger partial charge >= 0.3 is 0 Å². The average molecular weight is 395 g/mol. The highest BCUT2D eigenvalue weighted by Crippen LogP contribution is 2.31. The summed E-state index contributed by atoms with van der Waals surface area (Å²) in [6, 6.07) is 14.0. The van der Waals surface area contributed by atoms with Crippen LogP contribution < -0.4 is 10.2 Å². The number of anilines is 1. The quantitative estimate of drug-likeness (QED) is 0.761. The fourth-order valence-electron chi connectivity index (χ4n) is 4.29. The topological polar surface area (TPSA) is 55.9 Å². The van der Waals surface area contributed by atoms with Gasteiger partial charge in [0.15, 0.2) is 0 Å². The van der Waals surface area contributed by atoms with E-state index in [9.17, 15) is 9.59 Å². The van der Waals surface area contributed by atoms with E-state index in [2.05, 4.69) is 22.2 Å². The number of hydrogen-bond donors (Lipinski definition) is 1. The number of nitrogens with one attached hydrogen (secondary N) is 1. The fraction of sp³-hybridized carbons (Fsp3) is 0.478. The molecule has 0 aromatic heterocycles. The summed E-state index contributed by atoms with van der Waals surface area (Å²) in [6.45, 7) is 6.56. The third-order valence-electron chi connectivity index (χ3n) is 6.10. The third kappa shape index (κ3) is 4.60. The largest absolute Gasteiger partial charge is 0.356 e. The van der Waals surface area contributed by atoms with Gasteiger partial charge in [-0.25, -0.2) is 0 Å². The summed E-state index contributed by atoms with van der Waals surface area (Å²) in [6.07, 6.45) is 1.23. The van der Waals surface area contributed by atoms with Gasteiger partial charge in [-0.05, 0) is 31.5 Å². The minimum Gasteiger partial charge on any atom is -0.356 e. The van der Waals surface area contributed by atoms with Gasteiger partial charge in [0.1, 0.15) is 0 Å². The lowest BCUT2D eigenvalue weighted by Crippen LogP contribution is -2.45. The van der Waals surface area contributed by atoms with E-state index in [-0.39, 0.29) is 24.2 Å². The Kier molecular flexibility index (Phi) is 6.11. The highest BCUT2D eigenvalue weighted by atomic mass is 16.2. The number of piperazine rings is 1. The molecule has 0 aliphatic carbocycles. The number of nitrogens with zero attached hydrogens (tertiary/aromatic N) is 3. The Morgan fingerprint density at radius 3 is 2.66 bits per heavy atom. The van der Waals surface area contributed by atoms with Crippen molar-refractivity contribution < 1.29 is 9.59 Å². The van der Waals surface area contributed by atoms with Gasteiger partial charge in [-0.2, -0.15) is 0 Å². The van der Waals surface area contributed by atoms with Crippen LogP contribution in [-0.2, 0) is 9.59 Å². The number of carbonyl (C=O) groups excluding carboxylic acids is 2. The molecule has 1 N–H and O–H groups in total. The van der Waals surface area contributed by atoms with Gasteiger partial charge in [-0.1, -0.05) is 36.4 Å². The van der Waals surface area contributed by atoms with E-state index in [0.717, 1.165) is 55.6 Å². The Labute approximate surface area is 172 Å². The summed E-state index contributed by atoms with van der Waals surface area (Å²) in [4.78, 5) is 31.8. The Balaban J connectivity index is 1.29. The molecule has 0 radical (unpaired) electrons. The molecule has 2 fully saturated rings. The molecule has 2 saturated heterocycles. The summed E-state index contributed by atoms with van der Waals surface area (Å²) < 4.78 is 0. The van der Waals surface area contributed by atoms with Crippen molar-refractivity contribution in [1.82, 2.24) is 15.1 Å². The first-order valence-corrected chi connectivity index (χ1v) is 10.6. The minimum absolute atomic E-state index is 0.000496. The number of fused-ring (bicyclic) bond motifs is 1. The van der Waals surface area contributed by atoms with Crippen LogP contribution in [0.25, 0.3) is 10.8 Å². The summed E-state index contributed by atoms with van der Waals surface area (Å²) in [7, 11) is 2.15. The molecule has 0 unspecified atom stereocenters. The van der Waals surface area contributed by atoms with Crippen molar-refractivity contribution in [2.45, 2.75) is 12.8 Å². The van der Waals surface area contributed by atoms with E-state index in [4.69, 9.17) is 0 Å². The second kappa shape index (κ2) is 8.93. The van der Waals surface area contributed by atoms with E-state index in [0.29, 0.717) is 13.1 Å². The maximum Gasteiger partial charge on any atom is 0.227 e. The Morgan fingerprint density at radius 1 is 1.07 bits per heavy atom. The van der Waals surface area contributed by atoms with Gasteiger partial charge < -0.3 is 20.0 Å². The van der Waals surface area contributed by atoms with E-state index in [1.165, 1.54) is 0 Å². The van der Waals surface area contributed by atoms with Gasteiger partial charge in [0.05, 0.1) is 11.6 Å². The van der Waals surface area contributed by atoms with Crippen LogP contribution in [0.2, 0.25) is 0 Å². The van der Waals surface area contributed by atoms with Gasteiger partial charge in [-0.3, -0.25) is 9.59 Å². The Bertz CT molecular complexity index is 871. The second-order valence-electron chi connectivity index (χ2n) is 8.19. The lowest BCUT2D eigenvalue weighted by molar-refractivity contribution is -0.126. The van der Waals surface area contributed by atoms with Crippen molar-refractivity contribution in [1.29, 1.82) is 0 Å². The SMILES string of the molecule is CN1CCN(CCCNC(=O)[C@H]2CC(=O)N(c3cccc4ccccc34)C2)CC1. The van der Waals surface area contributed by atoms with Crippen LogP contribution in [-0.4, -0.2) is 74.5 Å². The van der Waals surface area contributed by atoms with E-state index < -0.39 is 0 Å². The average Bonchev–Trinajstić information content (AvgIpc) is 3.13. The number of hydrogen-bond acceptors (Lipinski definition) is 4. The molecule has 29 heavy (non-hydrogen) atoms. The van der Waals surface area contributed by atoms with Crippen LogP contribution in [0.4, 0.5) is 5.69 Å². The van der Waals surface area contributed by atoms with E-state index in [1.54, 1.807) is 4.90 Å². The molecule has 2 amide bonds. The van der Waals surface area contributed by atoms with Crippen molar-refractivity contribution in [2.24, 2.45) is 5.92 Å². The smallest absolute Gasteiger partial charge is 0.227 e. The highest BCUT2D eigenvalue weighted by molar-refractivity contribution is 6.06. The molecule has 0 saturated carbocycles. The summed E-state index contributed by atoms with van der Waals surface area (Å²) in [5, 5.41) is 5.21. The first-order valence-electron chi connectivity index (χ1n) is 10.6. The van der Waals surface area contributed by atoms with Gasteiger partial charge in [0, 0.05) is 51.1 Å². The third-order valence-corrected chi connectivity index (χ3v) is 6.10. The minimum atomic E-state index is -0.273. The predicted molar refractivity (Wildman–Crippen MR) is 116 cm³/mol. The van der Waals surface area contributed by atoms with Crippen LogP contribution in [0, 0.1) is 5.92 Å². The van der Waals surface area contributed by atoms with E-state index >= 15 is 0 Å². The summed E-state index contributed by atoms with van der Waals surface area (Å²) in [5.74, 6) is -0.247. The lowest BCUT2D eigenvalue weighted by atomic mass is 10.1. The summed E-state index contributed by atoms with van der Waals surface area (Å²) in [5.41, 5.74) is 0.901. The molecule has 2 aliphatic heterocycles. The summed E-state index contributed by atoms with van der Waals surface area (Å²) >= 11 is 0. The molecule has 154 valence electrons. The van der Waals surface area contributed by atoms with Crippen molar-refractivity contribution in [3.63, 3.8) is 0 Å². The zero-order valence-corrected chi connectivity index (χ0v) is 17.1. The van der Waals surface area contributed by atoms with Crippen LogP contribution in [0.5, 0.6) is 0 Å². The molecular formula is C23H30N4O2. The van der Waals surface area contributed by atoms with Crippen molar-refractivity contribution in [3.8, 4) is 0 Å². The monoisotopic (exact) mass is 394 g/mol. The molecule has 2 aliphatic rings. The van der Waals surface area contributed by atoms with Gasteiger partial charge in [-0.15, -0.1) is 0 Å². The van der Waals surface area contributed by atoms with Crippen LogP contribution in [0.15, 0.2) is 42.5 Å².